The maximum absolute atomic E-state index is 4.50. The standard InChI is InChI=1S/C10H21N4S/c1-6-8(3)14-11-10(13(5)12-14)15-9(4)7-2/h8-9H,6-7H2,1-5H3/q+1. The van der Waals surface area contributed by atoms with Gasteiger partial charge < -0.3 is 0 Å². The Labute approximate surface area is 96.0 Å². The van der Waals surface area contributed by atoms with Gasteiger partial charge in [-0.15, -0.1) is 4.68 Å². The molecule has 5 heteroatoms. The van der Waals surface area contributed by atoms with E-state index in [0.717, 1.165) is 18.0 Å². The summed E-state index contributed by atoms with van der Waals surface area (Å²) in [7, 11) is 1.95. The highest BCUT2D eigenvalue weighted by atomic mass is 32.2. The summed E-state index contributed by atoms with van der Waals surface area (Å²) in [4.78, 5) is 1.81. The molecular weight excluding hydrogens is 208 g/mol. The van der Waals surface area contributed by atoms with Crippen LogP contribution in [0.1, 0.15) is 46.6 Å². The molecule has 2 atom stereocenters. The molecule has 0 N–H and O–H groups in total. The van der Waals surface area contributed by atoms with Gasteiger partial charge in [-0.1, -0.05) is 20.8 Å². The third kappa shape index (κ3) is 3.19. The molecule has 2 unspecified atom stereocenters. The van der Waals surface area contributed by atoms with E-state index in [1.807, 2.05) is 16.5 Å². The van der Waals surface area contributed by atoms with E-state index < -0.39 is 0 Å². The van der Waals surface area contributed by atoms with Gasteiger partial charge in [0.2, 0.25) is 0 Å². The van der Waals surface area contributed by atoms with E-state index in [2.05, 4.69) is 38.0 Å². The summed E-state index contributed by atoms with van der Waals surface area (Å²) in [6, 6.07) is 0.377. The maximum Gasteiger partial charge on any atom is 0.357 e. The predicted molar refractivity (Wildman–Crippen MR) is 61.8 cm³/mol. The van der Waals surface area contributed by atoms with Gasteiger partial charge in [-0.3, -0.25) is 0 Å². The van der Waals surface area contributed by atoms with Gasteiger partial charge >= 0.3 is 5.16 Å². The van der Waals surface area contributed by atoms with Crippen LogP contribution in [0, 0.1) is 0 Å². The largest absolute Gasteiger partial charge is 0.357 e. The first-order valence-corrected chi connectivity index (χ1v) is 6.46. The molecule has 0 saturated heterocycles. The van der Waals surface area contributed by atoms with Crippen molar-refractivity contribution in [1.82, 2.24) is 15.1 Å². The predicted octanol–water partition coefficient (Wildman–Crippen LogP) is 1.96. The molecule has 15 heavy (non-hydrogen) atoms. The number of aromatic nitrogens is 4. The zero-order valence-corrected chi connectivity index (χ0v) is 11.1. The van der Waals surface area contributed by atoms with Crippen LogP contribution in [0.15, 0.2) is 5.16 Å². The summed E-state index contributed by atoms with van der Waals surface area (Å²) in [5.74, 6) is 0. The maximum atomic E-state index is 4.50. The lowest BCUT2D eigenvalue weighted by Gasteiger charge is -2.00. The number of rotatable bonds is 5. The fourth-order valence-electron chi connectivity index (χ4n) is 1.06. The number of nitrogens with zero attached hydrogens (tertiary/aromatic N) is 4. The van der Waals surface area contributed by atoms with E-state index in [1.165, 1.54) is 0 Å². The van der Waals surface area contributed by atoms with E-state index in [9.17, 15) is 0 Å². The zero-order chi connectivity index (χ0) is 11.4. The Balaban J connectivity index is 2.77. The first-order valence-electron chi connectivity index (χ1n) is 5.58. The number of hydrogen-bond donors (Lipinski definition) is 0. The molecule has 0 spiro atoms. The van der Waals surface area contributed by atoms with E-state index in [4.69, 9.17) is 0 Å². The van der Waals surface area contributed by atoms with Crippen LogP contribution in [-0.4, -0.2) is 20.4 Å². The van der Waals surface area contributed by atoms with Crippen molar-refractivity contribution in [2.45, 2.75) is 57.0 Å². The minimum Gasteiger partial charge on any atom is -0.131 e. The fraction of sp³-hybridized carbons (Fsp3) is 0.900. The van der Waals surface area contributed by atoms with Crippen molar-refractivity contribution in [2.24, 2.45) is 7.05 Å². The SMILES string of the molecule is CCC(C)Sc1nn(C(C)CC)n[n+]1C. The molecule has 1 heterocycles. The molecular formula is C10H21N4S+. The molecule has 0 radical (unpaired) electrons. The number of aryl methyl sites for hydroxylation is 1. The lowest BCUT2D eigenvalue weighted by atomic mass is 10.3. The van der Waals surface area contributed by atoms with Crippen LogP contribution in [-0.2, 0) is 7.05 Å². The minimum absolute atomic E-state index is 0.377. The molecule has 86 valence electrons. The lowest BCUT2D eigenvalue weighted by molar-refractivity contribution is -0.767. The lowest BCUT2D eigenvalue weighted by Crippen LogP contribution is -2.34. The Bertz CT molecular complexity index is 310. The van der Waals surface area contributed by atoms with Gasteiger partial charge in [-0.25, -0.2) is 0 Å². The Kier molecular flexibility index (Phi) is 4.57. The second-order valence-electron chi connectivity index (χ2n) is 3.91. The molecule has 4 nitrogen and oxygen atoms in total. The Morgan fingerprint density at radius 1 is 1.33 bits per heavy atom. The quantitative estimate of drug-likeness (QED) is 0.572. The summed E-state index contributed by atoms with van der Waals surface area (Å²) in [6.45, 7) is 8.69. The van der Waals surface area contributed by atoms with Crippen molar-refractivity contribution >= 4 is 11.8 Å². The molecule has 0 fully saturated rings. The average Bonchev–Trinajstić information content (AvgIpc) is 2.59. The third-order valence-corrected chi connectivity index (χ3v) is 3.85. The van der Waals surface area contributed by atoms with Gasteiger partial charge in [0.15, 0.2) is 0 Å². The molecule has 0 amide bonds. The van der Waals surface area contributed by atoms with Gasteiger partial charge in [0, 0.05) is 5.25 Å². The second-order valence-corrected chi connectivity index (χ2v) is 5.32. The van der Waals surface area contributed by atoms with Crippen LogP contribution >= 0.6 is 11.8 Å². The van der Waals surface area contributed by atoms with Crippen LogP contribution in [0.2, 0.25) is 0 Å². The summed E-state index contributed by atoms with van der Waals surface area (Å²) in [5.41, 5.74) is 0. The van der Waals surface area contributed by atoms with Crippen LogP contribution in [0.5, 0.6) is 0 Å². The average molecular weight is 229 g/mol. The van der Waals surface area contributed by atoms with Crippen LogP contribution in [0.25, 0.3) is 0 Å². The minimum atomic E-state index is 0.377. The van der Waals surface area contributed by atoms with Crippen molar-refractivity contribution in [3.05, 3.63) is 0 Å². The molecule has 0 aromatic carbocycles. The molecule has 0 aliphatic carbocycles. The van der Waals surface area contributed by atoms with Crippen LogP contribution in [0.4, 0.5) is 0 Å². The third-order valence-electron chi connectivity index (χ3n) is 2.56. The molecule has 0 saturated carbocycles. The van der Waals surface area contributed by atoms with E-state index in [-0.39, 0.29) is 0 Å². The summed E-state index contributed by atoms with van der Waals surface area (Å²) in [6.07, 6.45) is 2.21. The zero-order valence-electron chi connectivity index (χ0n) is 10.3. The Morgan fingerprint density at radius 2 is 2.00 bits per heavy atom. The van der Waals surface area contributed by atoms with E-state index in [1.54, 1.807) is 11.8 Å². The highest BCUT2D eigenvalue weighted by Gasteiger charge is 2.21. The molecule has 0 bridgehead atoms. The Hall–Kier alpha value is -0.580. The highest BCUT2D eigenvalue weighted by Crippen LogP contribution is 2.19. The first kappa shape index (κ1) is 12.5. The number of tetrazole rings is 1. The Morgan fingerprint density at radius 3 is 2.53 bits per heavy atom. The van der Waals surface area contributed by atoms with Gasteiger partial charge in [-0.2, -0.15) is 0 Å². The smallest absolute Gasteiger partial charge is 0.131 e. The molecule has 1 aromatic rings. The first-order chi connectivity index (χ1) is 7.08. The number of hydrogen-bond acceptors (Lipinski definition) is 3. The van der Waals surface area contributed by atoms with Crippen LogP contribution < -0.4 is 4.68 Å². The molecule has 1 rings (SSSR count). The van der Waals surface area contributed by atoms with Crippen molar-refractivity contribution < 1.29 is 4.68 Å². The molecule has 1 aromatic heterocycles. The summed E-state index contributed by atoms with van der Waals surface area (Å²) >= 11 is 1.79. The molecule has 0 aliphatic rings. The van der Waals surface area contributed by atoms with Crippen LogP contribution in [0.3, 0.4) is 0 Å². The fourth-order valence-corrected chi connectivity index (χ4v) is 1.91. The van der Waals surface area contributed by atoms with Gasteiger partial charge in [0.1, 0.15) is 6.04 Å². The molecule has 0 aliphatic heterocycles. The van der Waals surface area contributed by atoms with Crippen molar-refractivity contribution in [3.63, 3.8) is 0 Å². The number of thioether (sulfide) groups is 1. The second kappa shape index (κ2) is 5.49. The normalized spacial score (nSPS) is 15.3. The summed E-state index contributed by atoms with van der Waals surface area (Å²) in [5, 5.41) is 10.5. The van der Waals surface area contributed by atoms with Crippen molar-refractivity contribution in [2.75, 3.05) is 0 Å². The van der Waals surface area contributed by atoms with Gasteiger partial charge in [0.05, 0.1) is 17.4 Å². The van der Waals surface area contributed by atoms with E-state index in [0.29, 0.717) is 11.3 Å². The topological polar surface area (TPSA) is 34.6 Å². The monoisotopic (exact) mass is 229 g/mol. The van der Waals surface area contributed by atoms with Crippen molar-refractivity contribution in [3.8, 4) is 0 Å². The van der Waals surface area contributed by atoms with Gasteiger partial charge in [0.25, 0.3) is 0 Å². The highest BCUT2D eigenvalue weighted by molar-refractivity contribution is 7.99. The summed E-state index contributed by atoms with van der Waals surface area (Å²) < 4.78 is 1.86. The van der Waals surface area contributed by atoms with Crippen molar-refractivity contribution in [1.29, 1.82) is 0 Å². The van der Waals surface area contributed by atoms with E-state index >= 15 is 0 Å². The van der Waals surface area contributed by atoms with Gasteiger partial charge in [-0.05, 0) is 36.3 Å².